The van der Waals surface area contributed by atoms with E-state index < -0.39 is 0 Å². The third kappa shape index (κ3) is 2.27. The van der Waals surface area contributed by atoms with Crippen LogP contribution in [0.2, 0.25) is 0 Å². The summed E-state index contributed by atoms with van der Waals surface area (Å²) in [4.78, 5) is 0. The van der Waals surface area contributed by atoms with E-state index in [1.807, 2.05) is 0 Å². The summed E-state index contributed by atoms with van der Waals surface area (Å²) >= 11 is 0. The van der Waals surface area contributed by atoms with Gasteiger partial charge < -0.3 is 10.5 Å². The van der Waals surface area contributed by atoms with Crippen LogP contribution in [-0.4, -0.2) is 5.60 Å². The van der Waals surface area contributed by atoms with Gasteiger partial charge in [-0.3, -0.25) is 0 Å². The molecule has 2 nitrogen and oxygen atoms in total. The molecule has 0 saturated heterocycles. The fraction of sp³-hybridized carbons (Fsp3) is 0.647. The Hall–Kier alpha value is -1.02. The molecule has 3 rings (SSSR count). The van der Waals surface area contributed by atoms with Crippen LogP contribution in [0.25, 0.3) is 0 Å². The van der Waals surface area contributed by atoms with Crippen LogP contribution in [0, 0.1) is 0 Å². The van der Waals surface area contributed by atoms with Crippen LogP contribution in [0.5, 0.6) is 5.75 Å². The van der Waals surface area contributed by atoms with E-state index in [1.54, 1.807) is 0 Å². The highest BCUT2D eigenvalue weighted by Gasteiger charge is 2.45. The third-order valence-electron chi connectivity index (χ3n) is 4.85. The maximum atomic E-state index is 6.61. The van der Waals surface area contributed by atoms with Gasteiger partial charge >= 0.3 is 0 Å². The molecule has 19 heavy (non-hydrogen) atoms. The number of rotatable bonds is 1. The van der Waals surface area contributed by atoms with Crippen molar-refractivity contribution in [2.24, 2.45) is 5.73 Å². The van der Waals surface area contributed by atoms with Crippen LogP contribution in [-0.2, 0) is 12.0 Å². The molecule has 2 heteroatoms. The van der Waals surface area contributed by atoms with Gasteiger partial charge in [-0.05, 0) is 50.7 Å². The van der Waals surface area contributed by atoms with Crippen molar-refractivity contribution in [3.05, 3.63) is 29.3 Å². The number of nitrogens with two attached hydrogens (primary N) is 1. The summed E-state index contributed by atoms with van der Waals surface area (Å²) in [7, 11) is 0. The SMILES string of the molecule is CCc1ccc2c(c1)OC1(CCCCC1)CC2(C)N. The molecule has 0 amide bonds. The Kier molecular flexibility index (Phi) is 3.09. The third-order valence-corrected chi connectivity index (χ3v) is 4.85. The molecule has 1 aliphatic heterocycles. The van der Waals surface area contributed by atoms with E-state index in [1.165, 1.54) is 30.4 Å². The van der Waals surface area contributed by atoms with Gasteiger partial charge in [0.05, 0.1) is 0 Å². The van der Waals surface area contributed by atoms with Gasteiger partial charge in [-0.25, -0.2) is 0 Å². The molecule has 1 unspecified atom stereocenters. The molecule has 0 radical (unpaired) electrons. The van der Waals surface area contributed by atoms with Crippen molar-refractivity contribution in [3.63, 3.8) is 0 Å². The van der Waals surface area contributed by atoms with Crippen molar-refractivity contribution in [1.29, 1.82) is 0 Å². The molecule has 0 bridgehead atoms. The monoisotopic (exact) mass is 259 g/mol. The highest BCUT2D eigenvalue weighted by Crippen LogP contribution is 2.47. The normalized spacial score (nSPS) is 28.8. The first-order valence-corrected chi connectivity index (χ1v) is 7.66. The van der Waals surface area contributed by atoms with Gasteiger partial charge in [0, 0.05) is 17.5 Å². The Balaban J connectivity index is 2.01. The van der Waals surface area contributed by atoms with Gasteiger partial charge in [-0.1, -0.05) is 25.5 Å². The number of benzene rings is 1. The van der Waals surface area contributed by atoms with E-state index in [-0.39, 0.29) is 11.1 Å². The molecule has 1 aromatic carbocycles. The molecule has 2 N–H and O–H groups in total. The van der Waals surface area contributed by atoms with Crippen LogP contribution in [0.3, 0.4) is 0 Å². The number of hydrogen-bond donors (Lipinski definition) is 1. The first-order valence-electron chi connectivity index (χ1n) is 7.66. The van der Waals surface area contributed by atoms with Crippen molar-refractivity contribution < 1.29 is 4.74 Å². The van der Waals surface area contributed by atoms with E-state index in [2.05, 4.69) is 32.0 Å². The molecule has 1 atom stereocenters. The van der Waals surface area contributed by atoms with E-state index in [0.29, 0.717) is 0 Å². The van der Waals surface area contributed by atoms with Gasteiger partial charge in [0.25, 0.3) is 0 Å². The number of hydrogen-bond acceptors (Lipinski definition) is 2. The summed E-state index contributed by atoms with van der Waals surface area (Å²) in [5.74, 6) is 1.04. The quantitative estimate of drug-likeness (QED) is 0.830. The van der Waals surface area contributed by atoms with E-state index in [4.69, 9.17) is 10.5 Å². The Morgan fingerprint density at radius 3 is 2.63 bits per heavy atom. The zero-order valence-corrected chi connectivity index (χ0v) is 12.2. The van der Waals surface area contributed by atoms with Gasteiger partial charge in [0.1, 0.15) is 11.4 Å². The molecular weight excluding hydrogens is 234 g/mol. The lowest BCUT2D eigenvalue weighted by Crippen LogP contribution is -2.51. The predicted octanol–water partition coefficient (Wildman–Crippen LogP) is 3.91. The fourth-order valence-electron chi connectivity index (χ4n) is 3.85. The molecule has 1 spiro atoms. The van der Waals surface area contributed by atoms with Crippen molar-refractivity contribution in [2.45, 2.75) is 69.9 Å². The fourth-order valence-corrected chi connectivity index (χ4v) is 3.85. The van der Waals surface area contributed by atoms with Gasteiger partial charge in [0.15, 0.2) is 0 Å². The molecule has 1 aromatic rings. The van der Waals surface area contributed by atoms with Crippen LogP contribution in [0.4, 0.5) is 0 Å². The summed E-state index contributed by atoms with van der Waals surface area (Å²) in [6.45, 7) is 4.35. The lowest BCUT2D eigenvalue weighted by molar-refractivity contribution is -0.0147. The average Bonchev–Trinajstić information content (AvgIpc) is 2.37. The van der Waals surface area contributed by atoms with Crippen molar-refractivity contribution in [1.82, 2.24) is 0 Å². The second-order valence-electron chi connectivity index (χ2n) is 6.62. The van der Waals surface area contributed by atoms with Crippen LogP contribution >= 0.6 is 0 Å². The summed E-state index contributed by atoms with van der Waals surface area (Å²) in [5.41, 5.74) is 8.87. The van der Waals surface area contributed by atoms with Gasteiger partial charge in [0.2, 0.25) is 0 Å². The molecule has 1 heterocycles. The molecule has 104 valence electrons. The lowest BCUT2D eigenvalue weighted by atomic mass is 9.72. The Labute approximate surface area is 116 Å². The molecular formula is C17H25NO. The average molecular weight is 259 g/mol. The van der Waals surface area contributed by atoms with Crippen LogP contribution in [0.15, 0.2) is 18.2 Å². The molecule has 0 aromatic heterocycles. The number of aryl methyl sites for hydroxylation is 1. The largest absolute Gasteiger partial charge is 0.487 e. The van der Waals surface area contributed by atoms with E-state index in [9.17, 15) is 0 Å². The lowest BCUT2D eigenvalue weighted by Gasteiger charge is -2.47. The van der Waals surface area contributed by atoms with Crippen LogP contribution < -0.4 is 10.5 Å². The zero-order valence-electron chi connectivity index (χ0n) is 12.2. The minimum atomic E-state index is -0.253. The molecule has 2 aliphatic rings. The van der Waals surface area contributed by atoms with Gasteiger partial charge in [-0.15, -0.1) is 0 Å². The van der Waals surface area contributed by atoms with Crippen molar-refractivity contribution in [3.8, 4) is 5.75 Å². The minimum absolute atomic E-state index is 0.00111. The maximum Gasteiger partial charge on any atom is 0.125 e. The number of fused-ring (bicyclic) bond motifs is 1. The van der Waals surface area contributed by atoms with Crippen LogP contribution in [0.1, 0.15) is 63.5 Å². The first kappa shape index (κ1) is 13.0. The highest BCUT2D eigenvalue weighted by atomic mass is 16.5. The predicted molar refractivity (Wildman–Crippen MR) is 78.4 cm³/mol. The Morgan fingerprint density at radius 1 is 1.21 bits per heavy atom. The minimum Gasteiger partial charge on any atom is -0.487 e. The van der Waals surface area contributed by atoms with Crippen molar-refractivity contribution >= 4 is 0 Å². The molecule has 1 saturated carbocycles. The van der Waals surface area contributed by atoms with E-state index >= 15 is 0 Å². The van der Waals surface area contributed by atoms with Crippen molar-refractivity contribution in [2.75, 3.05) is 0 Å². The summed E-state index contributed by atoms with van der Waals surface area (Å²) in [6.07, 6.45) is 8.22. The summed E-state index contributed by atoms with van der Waals surface area (Å²) < 4.78 is 6.46. The summed E-state index contributed by atoms with van der Waals surface area (Å²) in [6, 6.07) is 6.56. The second-order valence-corrected chi connectivity index (χ2v) is 6.62. The molecule has 1 fully saturated rings. The van der Waals surface area contributed by atoms with E-state index in [0.717, 1.165) is 31.4 Å². The zero-order chi connectivity index (χ0) is 13.5. The standard InChI is InChI=1S/C17H25NO/c1-3-13-7-8-14-15(11-13)19-17(12-16(14,2)18)9-5-4-6-10-17/h7-8,11H,3-6,9-10,12,18H2,1-2H3. The first-order chi connectivity index (χ1) is 9.05. The second kappa shape index (κ2) is 4.52. The number of ether oxygens (including phenoxy) is 1. The van der Waals surface area contributed by atoms with Gasteiger partial charge in [-0.2, -0.15) is 0 Å². The Morgan fingerprint density at radius 2 is 1.95 bits per heavy atom. The smallest absolute Gasteiger partial charge is 0.125 e. The topological polar surface area (TPSA) is 35.2 Å². The molecule has 1 aliphatic carbocycles. The summed E-state index contributed by atoms with van der Waals surface area (Å²) in [5, 5.41) is 0. The Bertz CT molecular complexity index is 472. The maximum absolute atomic E-state index is 6.61. The highest BCUT2D eigenvalue weighted by molar-refractivity contribution is 5.44.